The first-order chi connectivity index (χ1) is 7.39. The lowest BCUT2D eigenvalue weighted by Gasteiger charge is -2.24. The predicted molar refractivity (Wildman–Crippen MR) is 61.3 cm³/mol. The van der Waals surface area contributed by atoms with E-state index in [0.29, 0.717) is 5.75 Å². The Morgan fingerprint density at radius 3 is 2.75 bits per heavy atom. The normalized spacial score (nSPS) is 31.1. The first-order valence-electron chi connectivity index (χ1n) is 5.24. The number of hydrogen-bond donors (Lipinski definition) is 2. The van der Waals surface area contributed by atoms with Crippen LogP contribution in [0.5, 0.6) is 0 Å². The molecule has 2 N–H and O–H groups in total. The fourth-order valence-corrected chi connectivity index (χ4v) is 2.41. The van der Waals surface area contributed by atoms with Crippen LogP contribution < -0.4 is 5.32 Å². The second-order valence-electron chi connectivity index (χ2n) is 4.00. The van der Waals surface area contributed by atoms with Crippen LogP contribution in [0.2, 0.25) is 0 Å². The monoisotopic (exact) mass is 247 g/mol. The van der Waals surface area contributed by atoms with Gasteiger partial charge in [-0.25, -0.2) is 4.79 Å². The molecule has 16 heavy (non-hydrogen) atoms. The van der Waals surface area contributed by atoms with Gasteiger partial charge < -0.3 is 9.84 Å². The van der Waals surface area contributed by atoms with Crippen molar-refractivity contribution in [3.05, 3.63) is 0 Å². The van der Waals surface area contributed by atoms with Gasteiger partial charge in [0, 0.05) is 5.75 Å². The summed E-state index contributed by atoms with van der Waals surface area (Å²) in [6.45, 7) is 5.40. The Morgan fingerprint density at radius 2 is 2.31 bits per heavy atom. The second kappa shape index (κ2) is 5.05. The van der Waals surface area contributed by atoms with Crippen molar-refractivity contribution in [2.45, 2.75) is 44.2 Å². The van der Waals surface area contributed by atoms with E-state index in [1.165, 1.54) is 11.8 Å². The molecule has 1 aliphatic heterocycles. The molecule has 0 aromatic carbocycles. The standard InChI is InChI=1S/C10H17NO4S/c1-4-6(2)15-9(14)10(3)11-7(5-16-10)8(12)13/h6-7,11H,4-5H2,1-3H3,(H,12,13). The highest BCUT2D eigenvalue weighted by molar-refractivity contribution is 8.01. The van der Waals surface area contributed by atoms with Gasteiger partial charge in [-0.15, -0.1) is 11.8 Å². The predicted octanol–water partition coefficient (Wildman–Crippen LogP) is 0.834. The average Bonchev–Trinajstić information content (AvgIpc) is 2.62. The van der Waals surface area contributed by atoms with Crippen LogP contribution >= 0.6 is 11.8 Å². The zero-order valence-corrected chi connectivity index (χ0v) is 10.5. The van der Waals surface area contributed by atoms with Gasteiger partial charge in [0.1, 0.15) is 6.04 Å². The molecule has 3 atom stereocenters. The molecule has 0 radical (unpaired) electrons. The molecule has 0 spiro atoms. The molecule has 0 aromatic heterocycles. The van der Waals surface area contributed by atoms with Crippen molar-refractivity contribution >= 4 is 23.7 Å². The zero-order chi connectivity index (χ0) is 12.3. The van der Waals surface area contributed by atoms with Crippen LogP contribution in [0.25, 0.3) is 0 Å². The van der Waals surface area contributed by atoms with Crippen LogP contribution in [-0.4, -0.2) is 39.8 Å². The Labute approximate surface area is 98.9 Å². The van der Waals surface area contributed by atoms with E-state index >= 15 is 0 Å². The Morgan fingerprint density at radius 1 is 1.69 bits per heavy atom. The van der Waals surface area contributed by atoms with E-state index < -0.39 is 22.9 Å². The molecule has 6 heteroatoms. The fraction of sp³-hybridized carbons (Fsp3) is 0.800. The summed E-state index contributed by atoms with van der Waals surface area (Å²) in [6.07, 6.45) is 0.602. The molecule has 1 heterocycles. The Hall–Kier alpha value is -0.750. The number of aliphatic carboxylic acids is 1. The Balaban J connectivity index is 2.59. The SMILES string of the molecule is CCC(C)OC(=O)C1(C)NC(C(=O)O)CS1. The topological polar surface area (TPSA) is 75.6 Å². The summed E-state index contributed by atoms with van der Waals surface area (Å²) >= 11 is 1.28. The number of ether oxygens (including phenoxy) is 1. The van der Waals surface area contributed by atoms with Gasteiger partial charge in [0.25, 0.3) is 0 Å². The van der Waals surface area contributed by atoms with Crippen molar-refractivity contribution in [2.24, 2.45) is 0 Å². The molecule has 0 bridgehead atoms. The van der Waals surface area contributed by atoms with Gasteiger partial charge in [0.2, 0.25) is 0 Å². The van der Waals surface area contributed by atoms with E-state index in [1.54, 1.807) is 6.92 Å². The molecular weight excluding hydrogens is 230 g/mol. The molecule has 1 saturated heterocycles. The van der Waals surface area contributed by atoms with Crippen molar-refractivity contribution in [2.75, 3.05) is 5.75 Å². The van der Waals surface area contributed by atoms with Crippen LogP contribution in [-0.2, 0) is 14.3 Å². The quantitative estimate of drug-likeness (QED) is 0.717. The van der Waals surface area contributed by atoms with Gasteiger partial charge in [-0.05, 0) is 20.3 Å². The van der Waals surface area contributed by atoms with E-state index in [2.05, 4.69) is 5.32 Å². The minimum Gasteiger partial charge on any atom is -0.480 e. The number of carboxylic acids is 1. The fourth-order valence-electron chi connectivity index (χ4n) is 1.30. The molecule has 3 unspecified atom stereocenters. The highest BCUT2D eigenvalue weighted by atomic mass is 32.2. The first-order valence-corrected chi connectivity index (χ1v) is 6.23. The van der Waals surface area contributed by atoms with Crippen LogP contribution in [0.15, 0.2) is 0 Å². The van der Waals surface area contributed by atoms with Crippen molar-refractivity contribution in [3.63, 3.8) is 0 Å². The minimum absolute atomic E-state index is 0.143. The number of rotatable bonds is 4. The number of thioether (sulfide) groups is 1. The Kier molecular flexibility index (Phi) is 4.21. The summed E-state index contributed by atoms with van der Waals surface area (Å²) in [4.78, 5) is 21.6. The summed E-state index contributed by atoms with van der Waals surface area (Å²) in [5.41, 5.74) is 0. The number of esters is 1. The second-order valence-corrected chi connectivity index (χ2v) is 5.44. The molecule has 1 fully saturated rings. The van der Waals surface area contributed by atoms with Gasteiger partial charge in [-0.3, -0.25) is 10.1 Å². The van der Waals surface area contributed by atoms with E-state index in [4.69, 9.17) is 9.84 Å². The summed E-state index contributed by atoms with van der Waals surface area (Å²) in [5, 5.41) is 11.6. The largest absolute Gasteiger partial charge is 0.480 e. The third kappa shape index (κ3) is 2.89. The maximum atomic E-state index is 11.8. The lowest BCUT2D eigenvalue weighted by atomic mass is 10.2. The maximum absolute atomic E-state index is 11.8. The molecule has 0 aromatic rings. The summed E-state index contributed by atoms with van der Waals surface area (Å²) in [7, 11) is 0. The average molecular weight is 247 g/mol. The first kappa shape index (κ1) is 13.3. The Bertz CT molecular complexity index is 297. The number of carbonyl (C=O) groups excluding carboxylic acids is 1. The highest BCUT2D eigenvalue weighted by Crippen LogP contribution is 2.31. The van der Waals surface area contributed by atoms with Crippen molar-refractivity contribution in [3.8, 4) is 0 Å². The lowest BCUT2D eigenvalue weighted by Crippen LogP contribution is -2.49. The van der Waals surface area contributed by atoms with E-state index in [-0.39, 0.29) is 6.10 Å². The van der Waals surface area contributed by atoms with Crippen LogP contribution in [0.3, 0.4) is 0 Å². The van der Waals surface area contributed by atoms with Gasteiger partial charge >= 0.3 is 11.9 Å². The molecular formula is C10H17NO4S. The highest BCUT2D eigenvalue weighted by Gasteiger charge is 2.45. The van der Waals surface area contributed by atoms with Crippen molar-refractivity contribution < 1.29 is 19.4 Å². The molecule has 1 rings (SSSR count). The van der Waals surface area contributed by atoms with Gasteiger partial charge in [-0.1, -0.05) is 6.92 Å². The minimum atomic E-state index is -0.938. The van der Waals surface area contributed by atoms with E-state index in [1.807, 2.05) is 13.8 Å². The smallest absolute Gasteiger partial charge is 0.336 e. The lowest BCUT2D eigenvalue weighted by molar-refractivity contribution is -0.152. The number of carboxylic acid groups (broad SMARTS) is 1. The van der Waals surface area contributed by atoms with E-state index in [9.17, 15) is 9.59 Å². The maximum Gasteiger partial charge on any atom is 0.336 e. The van der Waals surface area contributed by atoms with Crippen LogP contribution in [0, 0.1) is 0 Å². The van der Waals surface area contributed by atoms with Gasteiger partial charge in [0.15, 0.2) is 4.87 Å². The van der Waals surface area contributed by atoms with Crippen LogP contribution in [0.1, 0.15) is 27.2 Å². The van der Waals surface area contributed by atoms with Crippen LogP contribution in [0.4, 0.5) is 0 Å². The van der Waals surface area contributed by atoms with Crippen molar-refractivity contribution in [1.29, 1.82) is 0 Å². The molecule has 0 aliphatic carbocycles. The summed E-state index contributed by atoms with van der Waals surface area (Å²) in [5.74, 6) is -0.954. The van der Waals surface area contributed by atoms with Crippen molar-refractivity contribution in [1.82, 2.24) is 5.32 Å². The zero-order valence-electron chi connectivity index (χ0n) is 9.65. The van der Waals surface area contributed by atoms with E-state index in [0.717, 1.165) is 6.42 Å². The number of nitrogens with one attached hydrogen (secondary N) is 1. The van der Waals surface area contributed by atoms with Gasteiger partial charge in [0.05, 0.1) is 6.10 Å². The molecule has 1 aliphatic rings. The summed E-state index contributed by atoms with van der Waals surface area (Å²) in [6, 6.07) is -0.681. The molecule has 5 nitrogen and oxygen atoms in total. The third-order valence-electron chi connectivity index (χ3n) is 2.56. The molecule has 0 amide bonds. The summed E-state index contributed by atoms with van der Waals surface area (Å²) < 4.78 is 5.20. The molecule has 0 saturated carbocycles. The third-order valence-corrected chi connectivity index (χ3v) is 3.92. The number of hydrogen-bond acceptors (Lipinski definition) is 5. The molecule has 92 valence electrons. The number of carbonyl (C=O) groups is 2. The van der Waals surface area contributed by atoms with Gasteiger partial charge in [-0.2, -0.15) is 0 Å².